The molecule has 0 aliphatic carbocycles. The Morgan fingerprint density at radius 3 is 2.77 bits per heavy atom. The average molecular weight is 349 g/mol. The molecule has 0 bridgehead atoms. The maximum absolute atomic E-state index is 5.76. The van der Waals surface area contributed by atoms with Gasteiger partial charge in [0.2, 0.25) is 0 Å². The van der Waals surface area contributed by atoms with E-state index in [9.17, 15) is 0 Å². The first-order valence-corrected chi connectivity index (χ1v) is 9.20. The minimum Gasteiger partial charge on any atom is -0.355 e. The molecule has 2 saturated heterocycles. The van der Waals surface area contributed by atoms with E-state index in [0.29, 0.717) is 6.54 Å². The molecule has 7 nitrogen and oxygen atoms in total. The van der Waals surface area contributed by atoms with Crippen LogP contribution in [0.3, 0.4) is 0 Å². The molecule has 0 amide bonds. The molecule has 0 radical (unpaired) electrons. The Balaban J connectivity index is 1.57. The quantitative estimate of drug-likeness (QED) is 0.739. The topological polar surface area (TPSA) is 84.4 Å². The standard InChI is InChI=1S/C19H23N7/c1-12-19(13-4-5-22-16(6-13)7-20)26-17(23-12)2-3-18(24-26)25-10-14-8-21-9-15(14)11-25/h2-6,14-15,21H,7-11,20H2,1H3. The number of aryl methyl sites for hydroxylation is 1. The first-order valence-electron chi connectivity index (χ1n) is 9.20. The molecule has 7 heteroatoms. The largest absolute Gasteiger partial charge is 0.355 e. The van der Waals surface area contributed by atoms with E-state index in [0.717, 1.165) is 72.1 Å². The number of imidazole rings is 1. The molecule has 2 aliphatic heterocycles. The molecule has 2 aliphatic rings. The fraction of sp³-hybridized carbons (Fsp3) is 0.421. The predicted molar refractivity (Wildman–Crippen MR) is 101 cm³/mol. The molecular weight excluding hydrogens is 326 g/mol. The molecule has 134 valence electrons. The van der Waals surface area contributed by atoms with Gasteiger partial charge in [0.15, 0.2) is 5.65 Å². The number of hydrogen-bond donors (Lipinski definition) is 2. The number of nitrogens with two attached hydrogens (primary N) is 1. The van der Waals surface area contributed by atoms with Gasteiger partial charge in [-0.05, 0) is 43.0 Å². The lowest BCUT2D eigenvalue weighted by Gasteiger charge is -2.18. The highest BCUT2D eigenvalue weighted by molar-refractivity contribution is 5.67. The van der Waals surface area contributed by atoms with Gasteiger partial charge < -0.3 is 16.0 Å². The van der Waals surface area contributed by atoms with Crippen LogP contribution >= 0.6 is 0 Å². The second kappa shape index (κ2) is 6.03. The Bertz CT molecular complexity index is 952. The number of anilines is 1. The van der Waals surface area contributed by atoms with Crippen LogP contribution in [-0.4, -0.2) is 45.8 Å². The van der Waals surface area contributed by atoms with E-state index in [1.807, 2.05) is 23.6 Å². The van der Waals surface area contributed by atoms with Crippen molar-refractivity contribution in [3.05, 3.63) is 41.9 Å². The van der Waals surface area contributed by atoms with Gasteiger partial charge in [-0.25, -0.2) is 9.50 Å². The second-order valence-corrected chi connectivity index (χ2v) is 7.33. The summed E-state index contributed by atoms with van der Waals surface area (Å²) in [6.07, 6.45) is 1.80. The van der Waals surface area contributed by atoms with Crippen molar-refractivity contribution >= 4 is 11.5 Å². The van der Waals surface area contributed by atoms with Crippen LogP contribution in [0.4, 0.5) is 5.82 Å². The number of rotatable bonds is 3. The number of fused-ring (bicyclic) bond motifs is 2. The van der Waals surface area contributed by atoms with Gasteiger partial charge in [-0.1, -0.05) is 0 Å². The van der Waals surface area contributed by atoms with Crippen molar-refractivity contribution in [3.63, 3.8) is 0 Å². The summed E-state index contributed by atoms with van der Waals surface area (Å²) in [5.74, 6) is 2.51. The monoisotopic (exact) mass is 349 g/mol. The van der Waals surface area contributed by atoms with Gasteiger partial charge in [0.25, 0.3) is 0 Å². The van der Waals surface area contributed by atoms with E-state index in [1.165, 1.54) is 0 Å². The van der Waals surface area contributed by atoms with Crippen molar-refractivity contribution in [2.24, 2.45) is 17.6 Å². The highest BCUT2D eigenvalue weighted by Gasteiger charge is 2.36. The molecule has 5 rings (SSSR count). The lowest BCUT2D eigenvalue weighted by Crippen LogP contribution is -2.26. The predicted octanol–water partition coefficient (Wildman–Crippen LogP) is 1.21. The van der Waals surface area contributed by atoms with Crippen molar-refractivity contribution in [2.45, 2.75) is 13.5 Å². The molecule has 2 atom stereocenters. The lowest BCUT2D eigenvalue weighted by atomic mass is 10.0. The molecule has 3 aromatic heterocycles. The summed E-state index contributed by atoms with van der Waals surface area (Å²) in [6, 6.07) is 8.18. The van der Waals surface area contributed by atoms with Gasteiger partial charge >= 0.3 is 0 Å². The van der Waals surface area contributed by atoms with Crippen LogP contribution in [0.1, 0.15) is 11.4 Å². The van der Waals surface area contributed by atoms with Gasteiger partial charge in [0.05, 0.1) is 17.1 Å². The highest BCUT2D eigenvalue weighted by Crippen LogP contribution is 2.31. The Morgan fingerprint density at radius 1 is 1.19 bits per heavy atom. The summed E-state index contributed by atoms with van der Waals surface area (Å²) in [5.41, 5.74) is 10.5. The van der Waals surface area contributed by atoms with Gasteiger partial charge in [-0.2, -0.15) is 0 Å². The molecular formula is C19H23N7. The van der Waals surface area contributed by atoms with E-state index in [-0.39, 0.29) is 0 Å². The summed E-state index contributed by atoms with van der Waals surface area (Å²) >= 11 is 0. The second-order valence-electron chi connectivity index (χ2n) is 7.33. The Hall–Kier alpha value is -2.51. The summed E-state index contributed by atoms with van der Waals surface area (Å²) < 4.78 is 1.96. The van der Waals surface area contributed by atoms with Crippen LogP contribution in [-0.2, 0) is 6.54 Å². The number of hydrogen-bond acceptors (Lipinski definition) is 6. The van der Waals surface area contributed by atoms with Crippen molar-refractivity contribution in [2.75, 3.05) is 31.1 Å². The van der Waals surface area contributed by atoms with Crippen LogP contribution in [0.5, 0.6) is 0 Å². The average Bonchev–Trinajstić information content (AvgIpc) is 3.33. The van der Waals surface area contributed by atoms with E-state index < -0.39 is 0 Å². The molecule has 3 N–H and O–H groups in total. The highest BCUT2D eigenvalue weighted by atomic mass is 15.3. The third-order valence-electron chi connectivity index (χ3n) is 5.65. The summed E-state index contributed by atoms with van der Waals surface area (Å²) in [4.78, 5) is 11.4. The number of pyridine rings is 1. The lowest BCUT2D eigenvalue weighted by molar-refractivity contribution is 0.533. The summed E-state index contributed by atoms with van der Waals surface area (Å²) in [5, 5.41) is 8.44. The Kier molecular flexibility index (Phi) is 3.65. The maximum atomic E-state index is 5.76. The molecule has 0 saturated carbocycles. The van der Waals surface area contributed by atoms with Crippen LogP contribution < -0.4 is 16.0 Å². The van der Waals surface area contributed by atoms with Crippen molar-refractivity contribution in [3.8, 4) is 11.3 Å². The third kappa shape index (κ3) is 2.47. The molecule has 5 heterocycles. The van der Waals surface area contributed by atoms with E-state index in [2.05, 4.69) is 27.3 Å². The van der Waals surface area contributed by atoms with E-state index in [1.54, 1.807) is 6.20 Å². The number of aromatic nitrogens is 4. The fourth-order valence-corrected chi connectivity index (χ4v) is 4.31. The van der Waals surface area contributed by atoms with Crippen molar-refractivity contribution in [1.82, 2.24) is 24.9 Å². The minimum atomic E-state index is 0.424. The zero-order valence-corrected chi connectivity index (χ0v) is 14.9. The number of nitrogens with zero attached hydrogens (tertiary/aromatic N) is 5. The zero-order valence-electron chi connectivity index (χ0n) is 14.9. The first-order chi connectivity index (χ1) is 12.7. The SMILES string of the molecule is Cc1nc2ccc(N3CC4CNCC4C3)nn2c1-c1ccnc(CN)c1. The van der Waals surface area contributed by atoms with Crippen LogP contribution in [0.15, 0.2) is 30.5 Å². The third-order valence-corrected chi connectivity index (χ3v) is 5.65. The maximum Gasteiger partial charge on any atom is 0.154 e. The fourth-order valence-electron chi connectivity index (χ4n) is 4.31. The Morgan fingerprint density at radius 2 is 2.00 bits per heavy atom. The first kappa shape index (κ1) is 15.7. The normalized spacial score (nSPS) is 22.3. The minimum absolute atomic E-state index is 0.424. The van der Waals surface area contributed by atoms with Gasteiger partial charge in [-0.15, -0.1) is 5.10 Å². The molecule has 2 fully saturated rings. The van der Waals surface area contributed by atoms with Gasteiger partial charge in [0, 0.05) is 44.5 Å². The zero-order chi connectivity index (χ0) is 17.7. The number of nitrogens with one attached hydrogen (secondary N) is 1. The molecule has 3 aromatic rings. The Labute approximate surface area is 152 Å². The van der Waals surface area contributed by atoms with E-state index in [4.69, 9.17) is 15.8 Å². The molecule has 26 heavy (non-hydrogen) atoms. The van der Waals surface area contributed by atoms with Crippen molar-refractivity contribution in [1.29, 1.82) is 0 Å². The smallest absolute Gasteiger partial charge is 0.154 e. The van der Waals surface area contributed by atoms with E-state index >= 15 is 0 Å². The van der Waals surface area contributed by atoms with Gasteiger partial charge in [-0.3, -0.25) is 4.98 Å². The molecule has 0 spiro atoms. The van der Waals surface area contributed by atoms with Crippen LogP contribution in [0.25, 0.3) is 16.9 Å². The molecule has 0 aromatic carbocycles. The van der Waals surface area contributed by atoms with Gasteiger partial charge in [0.1, 0.15) is 5.82 Å². The summed E-state index contributed by atoms with van der Waals surface area (Å²) in [7, 11) is 0. The molecule has 2 unspecified atom stereocenters. The summed E-state index contributed by atoms with van der Waals surface area (Å²) in [6.45, 7) is 6.85. The van der Waals surface area contributed by atoms with Crippen LogP contribution in [0.2, 0.25) is 0 Å². The van der Waals surface area contributed by atoms with Crippen LogP contribution in [0, 0.1) is 18.8 Å². The van der Waals surface area contributed by atoms with Crippen molar-refractivity contribution < 1.29 is 0 Å².